The average Bonchev–Trinajstić information content (AvgIpc) is 3.20. The topological polar surface area (TPSA) is 223 Å². The molecule has 4 N–H and O–H groups in total. The molecular weight excluding hydrogens is 786 g/mol. The van der Waals surface area contributed by atoms with Gasteiger partial charge in [-0.1, -0.05) is 20.8 Å². The van der Waals surface area contributed by atoms with Crippen molar-refractivity contribution in [2.75, 3.05) is 171 Å². The number of likely N-dealkylation sites (N-methyl/N-ethyl adjacent to an activating group) is 1. The molecule has 0 radical (unpaired) electrons. The van der Waals surface area contributed by atoms with E-state index in [9.17, 15) is 44.4 Å². The van der Waals surface area contributed by atoms with Crippen LogP contribution >= 0.6 is 0 Å². The maximum Gasteiger partial charge on any atom is 0.317 e. The van der Waals surface area contributed by atoms with Gasteiger partial charge in [0.05, 0.1) is 25.3 Å². The van der Waals surface area contributed by atoms with Gasteiger partial charge in [-0.2, -0.15) is 0 Å². The Balaban J connectivity index is 2.21. The summed E-state index contributed by atoms with van der Waals surface area (Å²) in [6.07, 6.45) is 0.00911. The van der Waals surface area contributed by atoms with Gasteiger partial charge in [0.2, 0.25) is 0 Å². The average molecular weight is 862 g/mol. The van der Waals surface area contributed by atoms with Crippen molar-refractivity contribution in [3.8, 4) is 0 Å². The van der Waals surface area contributed by atoms with Crippen LogP contribution in [0.3, 0.4) is 0 Å². The monoisotopic (exact) mass is 862 g/mol. The third-order valence-electron chi connectivity index (χ3n) is 11.3. The SMILES string of the molecule is CCC(CC)N(CC(O)CN1CCN(COC=O)CCN(CC)CCN(CC(=O)O)CC1)CC(O)CN1CCN(COC=O)CCN(COC=O)CCN(CC(=O)O)CC1. The van der Waals surface area contributed by atoms with Crippen molar-refractivity contribution in [1.29, 1.82) is 0 Å². The van der Waals surface area contributed by atoms with Crippen LogP contribution in [-0.4, -0.2) is 285 Å². The van der Waals surface area contributed by atoms with E-state index < -0.39 is 24.1 Å². The molecule has 21 nitrogen and oxygen atoms in total. The van der Waals surface area contributed by atoms with E-state index in [-0.39, 0.29) is 45.9 Å². The summed E-state index contributed by atoms with van der Waals surface area (Å²) in [5.74, 6) is -1.85. The third-order valence-corrected chi connectivity index (χ3v) is 11.3. The minimum Gasteiger partial charge on any atom is -0.480 e. The van der Waals surface area contributed by atoms with Crippen molar-refractivity contribution in [3.63, 3.8) is 0 Å². The minimum absolute atomic E-state index is 0.0465. The van der Waals surface area contributed by atoms with Gasteiger partial charge in [-0.15, -0.1) is 0 Å². The molecule has 0 bridgehead atoms. The number of carbonyl (C=O) groups is 5. The number of aliphatic carboxylic acids is 2. The molecule has 2 rings (SSSR count). The van der Waals surface area contributed by atoms with Crippen LogP contribution in [0.5, 0.6) is 0 Å². The molecule has 2 atom stereocenters. The number of carboxylic acids is 2. The molecule has 0 spiro atoms. The summed E-state index contributed by atoms with van der Waals surface area (Å²) in [5, 5.41) is 42.6. The molecule has 60 heavy (non-hydrogen) atoms. The quantitative estimate of drug-likeness (QED) is 0.0539. The van der Waals surface area contributed by atoms with Gasteiger partial charge in [0.15, 0.2) is 0 Å². The van der Waals surface area contributed by atoms with E-state index in [4.69, 9.17) is 14.2 Å². The number of aliphatic hydroxyl groups is 2. The molecule has 0 aromatic carbocycles. The zero-order valence-electron chi connectivity index (χ0n) is 36.3. The Morgan fingerprint density at radius 1 is 0.500 bits per heavy atom. The maximum atomic E-state index is 11.8. The van der Waals surface area contributed by atoms with Gasteiger partial charge in [-0.05, 0) is 19.4 Å². The van der Waals surface area contributed by atoms with Gasteiger partial charge < -0.3 is 39.5 Å². The predicted molar refractivity (Wildman–Crippen MR) is 222 cm³/mol. The molecule has 2 fully saturated rings. The number of nitrogens with zero attached hydrogens (tertiary/aromatic N) is 9. The van der Waals surface area contributed by atoms with Crippen LogP contribution in [0.25, 0.3) is 0 Å². The second-order valence-corrected chi connectivity index (χ2v) is 15.6. The molecular formula is C39H75N9O12. The molecule has 348 valence electrons. The molecule has 0 saturated carbocycles. The van der Waals surface area contributed by atoms with Crippen LogP contribution < -0.4 is 0 Å². The Morgan fingerprint density at radius 3 is 1.05 bits per heavy atom. The van der Waals surface area contributed by atoms with Crippen molar-refractivity contribution in [3.05, 3.63) is 0 Å². The molecule has 0 aromatic rings. The summed E-state index contributed by atoms with van der Waals surface area (Å²) < 4.78 is 15.2. The fourth-order valence-corrected chi connectivity index (χ4v) is 7.76. The number of hydrogen-bond donors (Lipinski definition) is 4. The Kier molecular flexibility index (Phi) is 28.0. The van der Waals surface area contributed by atoms with E-state index in [0.717, 1.165) is 25.9 Å². The minimum atomic E-state index is -0.959. The second kappa shape index (κ2) is 31.7. The molecule has 0 aromatic heterocycles. The van der Waals surface area contributed by atoms with Gasteiger partial charge in [0.1, 0.15) is 20.2 Å². The lowest BCUT2D eigenvalue weighted by Gasteiger charge is -2.37. The first kappa shape index (κ1) is 53.0. The van der Waals surface area contributed by atoms with Crippen molar-refractivity contribution < 1.29 is 58.6 Å². The van der Waals surface area contributed by atoms with Gasteiger partial charge in [-0.25, -0.2) is 0 Å². The fourth-order valence-electron chi connectivity index (χ4n) is 7.76. The fraction of sp³-hybridized carbons (Fsp3) is 0.872. The van der Waals surface area contributed by atoms with E-state index in [1.165, 1.54) is 0 Å². The van der Waals surface area contributed by atoms with Crippen molar-refractivity contribution in [2.24, 2.45) is 0 Å². The van der Waals surface area contributed by atoms with Crippen LogP contribution in [0.1, 0.15) is 33.6 Å². The number of aliphatic hydroxyl groups excluding tert-OH is 2. The molecule has 2 aliphatic rings. The highest BCUT2D eigenvalue weighted by Crippen LogP contribution is 2.13. The van der Waals surface area contributed by atoms with E-state index in [0.29, 0.717) is 137 Å². The van der Waals surface area contributed by atoms with E-state index >= 15 is 0 Å². The molecule has 21 heteroatoms. The Bertz CT molecular complexity index is 1200. The normalized spacial score (nSPS) is 20.6. The van der Waals surface area contributed by atoms with Crippen LogP contribution in [0.4, 0.5) is 0 Å². The van der Waals surface area contributed by atoms with Crippen molar-refractivity contribution in [2.45, 2.75) is 51.9 Å². The number of ether oxygens (including phenoxy) is 3. The maximum absolute atomic E-state index is 11.8. The second-order valence-electron chi connectivity index (χ2n) is 15.6. The zero-order chi connectivity index (χ0) is 44.1. The molecule has 0 aliphatic carbocycles. The Labute approximate surface area is 356 Å². The molecule has 0 amide bonds. The zero-order valence-corrected chi connectivity index (χ0v) is 36.3. The number of carboxylic acid groups (broad SMARTS) is 2. The van der Waals surface area contributed by atoms with Gasteiger partial charge >= 0.3 is 11.9 Å². The third kappa shape index (κ3) is 23.2. The summed E-state index contributed by atoms with van der Waals surface area (Å²) in [6.45, 7) is 18.0. The summed E-state index contributed by atoms with van der Waals surface area (Å²) in [4.78, 5) is 74.8. The molecule has 2 unspecified atom stereocenters. The van der Waals surface area contributed by atoms with Crippen molar-refractivity contribution in [1.82, 2.24) is 44.1 Å². The molecule has 2 heterocycles. The van der Waals surface area contributed by atoms with Gasteiger partial charge in [-0.3, -0.25) is 63.2 Å². The molecule has 2 aliphatic heterocycles. The Morgan fingerprint density at radius 2 is 0.783 bits per heavy atom. The highest BCUT2D eigenvalue weighted by molar-refractivity contribution is 5.69. The first-order valence-electron chi connectivity index (χ1n) is 21.4. The van der Waals surface area contributed by atoms with Crippen LogP contribution in [0, 0.1) is 0 Å². The van der Waals surface area contributed by atoms with E-state index in [1.54, 1.807) is 0 Å². The Hall–Kier alpha value is -3.09. The number of rotatable bonds is 25. The lowest BCUT2D eigenvalue weighted by atomic mass is 10.1. The smallest absolute Gasteiger partial charge is 0.317 e. The standard InChI is InChI=1S/C39H75N9O12/c1-4-35(5-2)48(25-36(52)23-41-10-12-43(27-38(54)55)9-7-40(6-3)8-17-45(18-14-41)29-58-32-49)26-37(53)24-42-11-13-44(28-39(56)57)16-20-47(31-60-34-51)22-21-46(19-15-42)30-59-33-50/h32-37,52-53H,4-31H2,1-3H3,(H,54,55)(H,56,57). The van der Waals surface area contributed by atoms with Crippen LogP contribution in [0.2, 0.25) is 0 Å². The lowest BCUT2D eigenvalue weighted by molar-refractivity contribution is -0.139. The molecule has 2 saturated heterocycles. The highest BCUT2D eigenvalue weighted by atomic mass is 16.5. The predicted octanol–water partition coefficient (Wildman–Crippen LogP) is -2.78. The van der Waals surface area contributed by atoms with Crippen LogP contribution in [0.15, 0.2) is 0 Å². The summed E-state index contributed by atoms with van der Waals surface area (Å²) >= 11 is 0. The van der Waals surface area contributed by atoms with Gasteiger partial charge in [0, 0.05) is 137 Å². The lowest BCUT2D eigenvalue weighted by Crippen LogP contribution is -2.52. The van der Waals surface area contributed by atoms with Gasteiger partial charge in [0.25, 0.3) is 19.4 Å². The number of carbonyl (C=O) groups excluding carboxylic acids is 3. The summed E-state index contributed by atoms with van der Waals surface area (Å²) in [7, 11) is 0. The first-order valence-corrected chi connectivity index (χ1v) is 21.4. The summed E-state index contributed by atoms with van der Waals surface area (Å²) in [6, 6.07) is 0.0867. The number of β-amino-alcohol motifs (C(OH)–C–C–N with tert-alkyl or cyclic N) is 2. The van der Waals surface area contributed by atoms with Crippen molar-refractivity contribution >= 4 is 31.4 Å². The van der Waals surface area contributed by atoms with E-state index in [1.807, 2.05) is 19.6 Å². The van der Waals surface area contributed by atoms with Crippen LogP contribution in [-0.2, 0) is 38.2 Å². The highest BCUT2D eigenvalue weighted by Gasteiger charge is 2.26. The van der Waals surface area contributed by atoms with E-state index in [2.05, 4.69) is 45.3 Å². The number of hydrogen-bond acceptors (Lipinski definition) is 19. The largest absolute Gasteiger partial charge is 0.480 e. The first-order chi connectivity index (χ1) is 28.9. The summed E-state index contributed by atoms with van der Waals surface area (Å²) in [5.41, 5.74) is 0.